The van der Waals surface area contributed by atoms with Crippen LogP contribution in [0.5, 0.6) is 11.5 Å². The number of ether oxygens (including phenoxy) is 1. The van der Waals surface area contributed by atoms with Gasteiger partial charge in [0, 0.05) is 11.6 Å². The fourth-order valence-electron chi connectivity index (χ4n) is 1.69. The molecule has 3 rings (SSSR count). The summed E-state index contributed by atoms with van der Waals surface area (Å²) < 4.78 is 5.84. The molecular formula is C15H13N3OS. The first-order chi connectivity index (χ1) is 9.81. The maximum Gasteiger partial charge on any atom is 0.188 e. The van der Waals surface area contributed by atoms with Crippen molar-refractivity contribution in [2.24, 2.45) is 0 Å². The smallest absolute Gasteiger partial charge is 0.188 e. The van der Waals surface area contributed by atoms with Crippen LogP contribution in [0.1, 0.15) is 5.69 Å². The Balaban J connectivity index is 1.84. The van der Waals surface area contributed by atoms with E-state index in [9.17, 15) is 0 Å². The van der Waals surface area contributed by atoms with Crippen molar-refractivity contribution in [1.29, 1.82) is 0 Å². The fourth-order valence-corrected chi connectivity index (χ4v) is 2.38. The number of nitrogens with zero attached hydrogens (tertiary/aromatic N) is 2. The Kier molecular flexibility index (Phi) is 3.60. The number of anilines is 2. The zero-order valence-electron chi connectivity index (χ0n) is 10.9. The monoisotopic (exact) mass is 283 g/mol. The number of para-hydroxylation sites is 1. The molecule has 20 heavy (non-hydrogen) atoms. The summed E-state index contributed by atoms with van der Waals surface area (Å²) >= 11 is 1.54. The predicted molar refractivity (Wildman–Crippen MR) is 80.9 cm³/mol. The number of hydrogen-bond donors (Lipinski definition) is 1. The van der Waals surface area contributed by atoms with Crippen molar-refractivity contribution in [2.75, 3.05) is 5.32 Å². The van der Waals surface area contributed by atoms with E-state index in [0.29, 0.717) is 11.6 Å². The van der Waals surface area contributed by atoms with Crippen LogP contribution in [0.3, 0.4) is 0 Å². The van der Waals surface area contributed by atoms with Crippen molar-refractivity contribution in [3.8, 4) is 11.5 Å². The van der Waals surface area contributed by atoms with Crippen molar-refractivity contribution >= 4 is 22.3 Å². The second-order valence-corrected chi connectivity index (χ2v) is 5.04. The maximum absolute atomic E-state index is 5.84. The van der Waals surface area contributed by atoms with Crippen molar-refractivity contribution in [3.63, 3.8) is 0 Å². The number of benzene rings is 1. The van der Waals surface area contributed by atoms with Gasteiger partial charge in [-0.3, -0.25) is 0 Å². The quantitative estimate of drug-likeness (QED) is 0.771. The van der Waals surface area contributed by atoms with E-state index in [-0.39, 0.29) is 0 Å². The van der Waals surface area contributed by atoms with Crippen LogP contribution < -0.4 is 10.1 Å². The summed E-state index contributed by atoms with van der Waals surface area (Å²) in [7, 11) is 0. The summed E-state index contributed by atoms with van der Waals surface area (Å²) in [5.74, 6) is 2.11. The lowest BCUT2D eigenvalue weighted by Crippen LogP contribution is -1.96. The summed E-state index contributed by atoms with van der Waals surface area (Å²) in [6.07, 6.45) is 1.72. The van der Waals surface area contributed by atoms with Crippen molar-refractivity contribution in [3.05, 3.63) is 59.7 Å². The van der Waals surface area contributed by atoms with Gasteiger partial charge in [0.2, 0.25) is 0 Å². The van der Waals surface area contributed by atoms with Gasteiger partial charge < -0.3 is 10.1 Å². The van der Waals surface area contributed by atoms with Crippen molar-refractivity contribution < 1.29 is 4.74 Å². The zero-order valence-corrected chi connectivity index (χ0v) is 11.7. The number of aryl methyl sites for hydroxylation is 1. The lowest BCUT2D eigenvalue weighted by Gasteiger charge is -2.10. The second-order valence-electron chi connectivity index (χ2n) is 4.18. The molecule has 0 aliphatic carbocycles. The maximum atomic E-state index is 5.84. The molecule has 0 atom stereocenters. The number of rotatable bonds is 4. The third kappa shape index (κ3) is 2.95. The molecule has 0 radical (unpaired) electrons. The van der Waals surface area contributed by atoms with Gasteiger partial charge in [0.25, 0.3) is 0 Å². The first-order valence-electron chi connectivity index (χ1n) is 6.18. The van der Waals surface area contributed by atoms with Crippen LogP contribution in [0.4, 0.5) is 10.9 Å². The van der Waals surface area contributed by atoms with Gasteiger partial charge in [-0.15, -0.1) is 11.3 Å². The van der Waals surface area contributed by atoms with Gasteiger partial charge in [0.1, 0.15) is 5.75 Å². The van der Waals surface area contributed by atoms with E-state index >= 15 is 0 Å². The van der Waals surface area contributed by atoms with E-state index in [1.54, 1.807) is 17.5 Å². The number of thiazole rings is 1. The number of aromatic nitrogens is 2. The first kappa shape index (κ1) is 12.6. The van der Waals surface area contributed by atoms with Crippen LogP contribution in [0.15, 0.2) is 54.0 Å². The third-order valence-electron chi connectivity index (χ3n) is 2.59. The number of pyridine rings is 1. The van der Waals surface area contributed by atoms with Crippen LogP contribution in [0, 0.1) is 6.92 Å². The average Bonchev–Trinajstić information content (AvgIpc) is 2.88. The van der Waals surface area contributed by atoms with Crippen LogP contribution in [0.2, 0.25) is 0 Å². The van der Waals surface area contributed by atoms with Crippen LogP contribution in [0.25, 0.3) is 0 Å². The minimum Gasteiger partial charge on any atom is -0.453 e. The fraction of sp³-hybridized carbons (Fsp3) is 0.0667. The normalized spacial score (nSPS) is 10.2. The lowest BCUT2D eigenvalue weighted by molar-refractivity contribution is 0.483. The van der Waals surface area contributed by atoms with Crippen LogP contribution in [-0.2, 0) is 0 Å². The molecule has 2 heterocycles. The highest BCUT2D eigenvalue weighted by molar-refractivity contribution is 7.13. The van der Waals surface area contributed by atoms with Crippen molar-refractivity contribution in [2.45, 2.75) is 6.92 Å². The van der Waals surface area contributed by atoms with Crippen LogP contribution in [-0.4, -0.2) is 9.97 Å². The Morgan fingerprint density at radius 1 is 1.10 bits per heavy atom. The largest absolute Gasteiger partial charge is 0.453 e. The molecule has 5 heteroatoms. The summed E-state index contributed by atoms with van der Waals surface area (Å²) in [4.78, 5) is 8.68. The molecular weight excluding hydrogens is 270 g/mol. The van der Waals surface area contributed by atoms with E-state index in [1.165, 1.54) is 0 Å². The summed E-state index contributed by atoms with van der Waals surface area (Å²) in [5, 5.41) is 5.98. The minimum absolute atomic E-state index is 0.658. The van der Waals surface area contributed by atoms with E-state index in [0.717, 1.165) is 16.6 Å². The van der Waals surface area contributed by atoms with E-state index in [4.69, 9.17) is 4.74 Å². The molecule has 0 bridgehead atoms. The standard InChI is InChI=1S/C15H13N3OS/c1-11-10-20-15(17-11)18-14-13(8-5-9-16-14)19-12-6-3-2-4-7-12/h2-10H,1H3,(H,16,17,18). The SMILES string of the molecule is Cc1csc(Nc2ncccc2Oc2ccccc2)n1. The third-order valence-corrected chi connectivity index (χ3v) is 3.46. The van der Waals surface area contributed by atoms with Gasteiger partial charge in [-0.2, -0.15) is 0 Å². The van der Waals surface area contributed by atoms with Gasteiger partial charge >= 0.3 is 0 Å². The lowest BCUT2D eigenvalue weighted by atomic mass is 10.3. The van der Waals surface area contributed by atoms with Gasteiger partial charge in [0.05, 0.1) is 5.69 Å². The van der Waals surface area contributed by atoms with E-state index < -0.39 is 0 Å². The van der Waals surface area contributed by atoms with E-state index in [1.807, 2.05) is 54.8 Å². The Morgan fingerprint density at radius 2 is 1.95 bits per heavy atom. The van der Waals surface area contributed by atoms with Crippen molar-refractivity contribution in [1.82, 2.24) is 9.97 Å². The molecule has 1 N–H and O–H groups in total. The molecule has 0 aliphatic heterocycles. The van der Waals surface area contributed by atoms with Crippen LogP contribution >= 0.6 is 11.3 Å². The highest BCUT2D eigenvalue weighted by Gasteiger charge is 2.08. The Labute approximate surface area is 121 Å². The average molecular weight is 283 g/mol. The Hall–Kier alpha value is -2.40. The number of hydrogen-bond acceptors (Lipinski definition) is 5. The zero-order chi connectivity index (χ0) is 13.8. The summed E-state index contributed by atoms with van der Waals surface area (Å²) in [6.45, 7) is 1.96. The number of nitrogens with one attached hydrogen (secondary N) is 1. The molecule has 3 aromatic rings. The molecule has 0 unspecified atom stereocenters. The minimum atomic E-state index is 0.658. The topological polar surface area (TPSA) is 47.0 Å². The second kappa shape index (κ2) is 5.71. The molecule has 0 spiro atoms. The molecule has 0 saturated heterocycles. The molecule has 0 saturated carbocycles. The van der Waals surface area contributed by atoms with Gasteiger partial charge in [-0.05, 0) is 31.2 Å². The summed E-state index contributed by atoms with van der Waals surface area (Å²) in [6, 6.07) is 13.4. The molecule has 4 nitrogen and oxygen atoms in total. The molecule has 0 amide bonds. The molecule has 0 aliphatic rings. The van der Waals surface area contributed by atoms with Gasteiger partial charge in [-0.1, -0.05) is 18.2 Å². The van der Waals surface area contributed by atoms with Gasteiger partial charge in [-0.25, -0.2) is 9.97 Å². The van der Waals surface area contributed by atoms with E-state index in [2.05, 4.69) is 15.3 Å². The summed E-state index contributed by atoms with van der Waals surface area (Å²) in [5.41, 5.74) is 0.985. The molecule has 2 aromatic heterocycles. The molecule has 100 valence electrons. The Bertz CT molecular complexity index is 697. The highest BCUT2D eigenvalue weighted by atomic mass is 32.1. The highest BCUT2D eigenvalue weighted by Crippen LogP contribution is 2.30. The predicted octanol–water partition coefficient (Wildman–Crippen LogP) is 4.38. The first-order valence-corrected chi connectivity index (χ1v) is 7.06. The van der Waals surface area contributed by atoms with Gasteiger partial charge in [0.15, 0.2) is 16.7 Å². The molecule has 1 aromatic carbocycles. The Morgan fingerprint density at radius 3 is 2.70 bits per heavy atom. The molecule has 0 fully saturated rings.